The van der Waals surface area contributed by atoms with E-state index in [-0.39, 0.29) is 19.5 Å². The van der Waals surface area contributed by atoms with E-state index in [1.807, 2.05) is 36.4 Å². The zero-order valence-corrected chi connectivity index (χ0v) is 18.0. The van der Waals surface area contributed by atoms with Crippen LogP contribution in [0.3, 0.4) is 0 Å². The monoisotopic (exact) mass is 426 g/mol. The Morgan fingerprint density at radius 3 is 1.39 bits per heavy atom. The summed E-state index contributed by atoms with van der Waals surface area (Å²) in [7, 11) is 0. The molecule has 4 nitrogen and oxygen atoms in total. The van der Waals surface area contributed by atoms with Crippen LogP contribution in [0, 0.1) is 9.54 Å². The number of aromatic nitrogens is 4. The molecule has 23 heavy (non-hydrogen) atoms. The van der Waals surface area contributed by atoms with Gasteiger partial charge in [-0.15, -0.1) is 9.79 Å². The third-order valence-electron chi connectivity index (χ3n) is 3.03. The van der Waals surface area contributed by atoms with Gasteiger partial charge in [0.2, 0.25) is 0 Å². The molecule has 9 heteroatoms. The number of nitrogens with one attached hydrogen (secondary N) is 4. The predicted octanol–water partition coefficient (Wildman–Crippen LogP) is 4.26. The Labute approximate surface area is 166 Å². The quantitative estimate of drug-likeness (QED) is 0.192. The molecule has 0 fully saturated rings. The SMILES string of the molecule is S=c1[nH]c2cccc([S-])c2[nH]1.S=c1[nH]c2cccc([S-])c2[nH]1.[Zn+2]. The van der Waals surface area contributed by atoms with Crippen molar-refractivity contribution in [2.45, 2.75) is 9.79 Å². The van der Waals surface area contributed by atoms with Crippen molar-refractivity contribution in [3.05, 3.63) is 45.9 Å². The second-order valence-corrected chi connectivity index (χ2v) is 6.21. The van der Waals surface area contributed by atoms with Gasteiger partial charge in [0, 0.05) is 11.0 Å². The van der Waals surface area contributed by atoms with Gasteiger partial charge >= 0.3 is 19.5 Å². The van der Waals surface area contributed by atoms with Gasteiger partial charge < -0.3 is 45.2 Å². The van der Waals surface area contributed by atoms with Gasteiger partial charge in [0.1, 0.15) is 0 Å². The van der Waals surface area contributed by atoms with Crippen LogP contribution in [0.5, 0.6) is 0 Å². The van der Waals surface area contributed by atoms with Gasteiger partial charge in [0.05, 0.1) is 11.0 Å². The van der Waals surface area contributed by atoms with E-state index >= 15 is 0 Å². The third-order valence-corrected chi connectivity index (χ3v) is 4.11. The Bertz CT molecular complexity index is 974. The molecule has 4 aromatic rings. The minimum Gasteiger partial charge on any atom is -0.778 e. The average molecular weight is 428 g/mol. The Morgan fingerprint density at radius 2 is 1.04 bits per heavy atom. The molecule has 0 radical (unpaired) electrons. The molecular weight excluding hydrogens is 418 g/mol. The van der Waals surface area contributed by atoms with Crippen LogP contribution in [0.2, 0.25) is 0 Å². The number of benzene rings is 2. The summed E-state index contributed by atoms with van der Waals surface area (Å²) in [5.41, 5.74) is 3.80. The van der Waals surface area contributed by atoms with E-state index in [1.54, 1.807) is 0 Å². The first-order chi connectivity index (χ1) is 10.5. The van der Waals surface area contributed by atoms with E-state index in [1.165, 1.54) is 0 Å². The van der Waals surface area contributed by atoms with Crippen molar-refractivity contribution >= 4 is 71.8 Å². The number of imidazole rings is 2. The van der Waals surface area contributed by atoms with Crippen LogP contribution in [-0.4, -0.2) is 19.9 Å². The summed E-state index contributed by atoms with van der Waals surface area (Å²) in [5.74, 6) is 0. The van der Waals surface area contributed by atoms with Crippen LogP contribution in [0.25, 0.3) is 22.1 Å². The van der Waals surface area contributed by atoms with Crippen molar-refractivity contribution in [2.24, 2.45) is 0 Å². The van der Waals surface area contributed by atoms with E-state index in [0.29, 0.717) is 9.54 Å². The van der Waals surface area contributed by atoms with Crippen molar-refractivity contribution in [3.8, 4) is 0 Å². The summed E-state index contributed by atoms with van der Waals surface area (Å²) in [4.78, 5) is 13.5. The van der Waals surface area contributed by atoms with E-state index in [0.717, 1.165) is 31.9 Å². The van der Waals surface area contributed by atoms with Crippen LogP contribution in [-0.2, 0) is 44.7 Å². The van der Waals surface area contributed by atoms with E-state index in [9.17, 15) is 0 Å². The average Bonchev–Trinajstić information content (AvgIpc) is 3.03. The van der Waals surface area contributed by atoms with Gasteiger partial charge in [0.15, 0.2) is 9.54 Å². The number of hydrogen-bond acceptors (Lipinski definition) is 4. The molecule has 0 atom stereocenters. The largest absolute Gasteiger partial charge is 2.00 e. The fourth-order valence-electron chi connectivity index (χ4n) is 2.06. The van der Waals surface area contributed by atoms with Gasteiger partial charge in [-0.05, 0) is 36.6 Å². The Morgan fingerprint density at radius 1 is 0.652 bits per heavy atom. The fourth-order valence-corrected chi connectivity index (χ4v) is 2.97. The molecule has 4 rings (SSSR count). The minimum absolute atomic E-state index is 0. The molecule has 0 aliphatic rings. The van der Waals surface area contributed by atoms with Crippen LogP contribution in [0.4, 0.5) is 0 Å². The number of H-pyrrole nitrogens is 4. The molecule has 0 saturated heterocycles. The first kappa shape index (κ1) is 18.2. The number of hydrogen-bond donors (Lipinski definition) is 4. The summed E-state index contributed by atoms with van der Waals surface area (Å²) in [5, 5.41) is 0. The Balaban J connectivity index is 0.000000160. The third kappa shape index (κ3) is 4.05. The molecule has 0 spiro atoms. The van der Waals surface area contributed by atoms with Crippen molar-refractivity contribution in [1.29, 1.82) is 0 Å². The van der Waals surface area contributed by atoms with Gasteiger partial charge in [-0.3, -0.25) is 0 Å². The van der Waals surface area contributed by atoms with Crippen molar-refractivity contribution < 1.29 is 19.5 Å². The Kier molecular flexibility index (Phi) is 6.05. The first-order valence-electron chi connectivity index (χ1n) is 6.30. The van der Waals surface area contributed by atoms with Gasteiger partial charge in [-0.25, -0.2) is 0 Å². The normalized spacial score (nSPS) is 10.1. The number of rotatable bonds is 0. The number of aromatic amines is 4. The molecular formula is C14H10N4S4Zn. The zero-order valence-electron chi connectivity index (χ0n) is 11.8. The van der Waals surface area contributed by atoms with Crippen molar-refractivity contribution in [2.75, 3.05) is 0 Å². The van der Waals surface area contributed by atoms with E-state index in [4.69, 9.17) is 49.7 Å². The smallest absolute Gasteiger partial charge is 0.778 e. The number of para-hydroxylation sites is 2. The second-order valence-electron chi connectivity index (χ2n) is 4.52. The van der Waals surface area contributed by atoms with E-state index < -0.39 is 0 Å². The molecule has 0 bridgehead atoms. The molecule has 2 aromatic heterocycles. The molecule has 2 heterocycles. The van der Waals surface area contributed by atoms with Crippen molar-refractivity contribution in [3.63, 3.8) is 0 Å². The predicted molar refractivity (Wildman–Crippen MR) is 98.2 cm³/mol. The van der Waals surface area contributed by atoms with Crippen LogP contribution in [0.15, 0.2) is 46.2 Å². The van der Waals surface area contributed by atoms with Crippen molar-refractivity contribution in [1.82, 2.24) is 19.9 Å². The van der Waals surface area contributed by atoms with Gasteiger partial charge in [-0.2, -0.15) is 0 Å². The molecule has 112 valence electrons. The summed E-state index contributed by atoms with van der Waals surface area (Å²) in [6.45, 7) is 0. The molecule has 0 aliphatic heterocycles. The second kappa shape index (κ2) is 7.64. The first-order valence-corrected chi connectivity index (χ1v) is 7.94. The van der Waals surface area contributed by atoms with Crippen LogP contribution < -0.4 is 0 Å². The summed E-state index contributed by atoms with van der Waals surface area (Å²) < 4.78 is 1.25. The maximum atomic E-state index is 5.07. The maximum Gasteiger partial charge on any atom is 2.00 e. The number of fused-ring (bicyclic) bond motifs is 2. The summed E-state index contributed by atoms with van der Waals surface area (Å²) in [6, 6.07) is 11.4. The van der Waals surface area contributed by atoms with Gasteiger partial charge in [0.25, 0.3) is 0 Å². The van der Waals surface area contributed by atoms with E-state index in [2.05, 4.69) is 19.9 Å². The summed E-state index contributed by atoms with van der Waals surface area (Å²) in [6.07, 6.45) is 0. The van der Waals surface area contributed by atoms with Gasteiger partial charge in [-0.1, -0.05) is 24.3 Å². The van der Waals surface area contributed by atoms with Crippen LogP contribution >= 0.6 is 24.4 Å². The molecule has 0 unspecified atom stereocenters. The van der Waals surface area contributed by atoms with Crippen LogP contribution in [0.1, 0.15) is 0 Å². The molecule has 0 saturated carbocycles. The Hall–Kier alpha value is -1.12. The topological polar surface area (TPSA) is 63.2 Å². The molecule has 0 amide bonds. The summed E-state index contributed by atoms with van der Waals surface area (Å²) >= 11 is 20.0. The maximum absolute atomic E-state index is 5.07. The standard InChI is InChI=1S/2C7H6N2S2.Zn/c2*10-5-3-1-2-4-6(5)9-7(11)8-4;/h2*1-3,10H,(H2,8,9,11);/q;;+2/p-2. The molecule has 0 aliphatic carbocycles. The minimum atomic E-state index is 0. The molecule has 2 aromatic carbocycles. The zero-order chi connectivity index (χ0) is 15.7. The fraction of sp³-hybridized carbons (Fsp3) is 0. The molecule has 4 N–H and O–H groups in total.